The first-order valence-corrected chi connectivity index (χ1v) is 10.2. The minimum Gasteiger partial charge on any atom is -0.494 e. The van der Waals surface area contributed by atoms with Gasteiger partial charge in [-0.25, -0.2) is 0 Å². The Bertz CT molecular complexity index is 1130. The highest BCUT2D eigenvalue weighted by Crippen LogP contribution is 2.36. The molecule has 4 rings (SSSR count). The average Bonchev–Trinajstić information content (AvgIpc) is 3.08. The zero-order valence-electron chi connectivity index (χ0n) is 17.6. The lowest BCUT2D eigenvalue weighted by Crippen LogP contribution is -2.25. The Morgan fingerprint density at radius 3 is 2.30 bits per heavy atom. The number of amides is 1. The summed E-state index contributed by atoms with van der Waals surface area (Å²) in [5.41, 5.74) is 6.79. The van der Waals surface area contributed by atoms with Gasteiger partial charge in [0.1, 0.15) is 5.75 Å². The average molecular weight is 396 g/mol. The van der Waals surface area contributed by atoms with Gasteiger partial charge in [0.2, 0.25) is 0 Å². The number of benzene rings is 3. The molecule has 0 aliphatic carbocycles. The van der Waals surface area contributed by atoms with Crippen LogP contribution in [0.1, 0.15) is 29.2 Å². The van der Waals surface area contributed by atoms with Crippen molar-refractivity contribution in [1.29, 1.82) is 0 Å². The highest BCUT2D eigenvalue weighted by Gasteiger charge is 2.30. The molecule has 1 aliphatic heterocycles. The molecule has 3 nitrogen and oxygen atoms in total. The lowest BCUT2D eigenvalue weighted by atomic mass is 10.1. The third kappa shape index (κ3) is 3.92. The molecular formula is C27H25NO2. The van der Waals surface area contributed by atoms with E-state index in [4.69, 9.17) is 4.74 Å². The molecule has 1 heterocycles. The van der Waals surface area contributed by atoms with Crippen LogP contribution in [0, 0.1) is 13.8 Å². The van der Waals surface area contributed by atoms with Crippen LogP contribution < -0.4 is 9.64 Å². The van der Waals surface area contributed by atoms with Crippen LogP contribution in [0.2, 0.25) is 0 Å². The van der Waals surface area contributed by atoms with Gasteiger partial charge in [0.15, 0.2) is 0 Å². The van der Waals surface area contributed by atoms with E-state index < -0.39 is 0 Å². The Morgan fingerprint density at radius 2 is 1.63 bits per heavy atom. The first kappa shape index (κ1) is 19.7. The summed E-state index contributed by atoms with van der Waals surface area (Å²) >= 11 is 0. The standard InChI is InChI=1S/C27H25NO2/c1-4-30-25-14-11-21(12-15-25)17-23-18-26(22-8-6-5-7-9-22)28(27(23)29)24-13-10-19(2)20(3)16-24/h5-18H,4H2,1-3H3/b23-17+. The smallest absolute Gasteiger partial charge is 0.262 e. The van der Waals surface area contributed by atoms with E-state index in [2.05, 4.69) is 26.0 Å². The molecule has 0 bridgehead atoms. The number of carbonyl (C=O) groups is 1. The zero-order chi connectivity index (χ0) is 21.1. The van der Waals surface area contributed by atoms with E-state index in [1.165, 1.54) is 5.56 Å². The molecular weight excluding hydrogens is 370 g/mol. The highest BCUT2D eigenvalue weighted by atomic mass is 16.5. The summed E-state index contributed by atoms with van der Waals surface area (Å²) in [5.74, 6) is 0.806. The molecule has 3 aromatic carbocycles. The molecule has 0 saturated heterocycles. The second kappa shape index (κ2) is 8.42. The van der Waals surface area contributed by atoms with E-state index in [0.717, 1.165) is 33.8 Å². The van der Waals surface area contributed by atoms with Gasteiger partial charge in [-0.05, 0) is 79.4 Å². The van der Waals surface area contributed by atoms with E-state index in [0.29, 0.717) is 12.2 Å². The summed E-state index contributed by atoms with van der Waals surface area (Å²) in [5, 5.41) is 0. The van der Waals surface area contributed by atoms with Crippen molar-refractivity contribution in [3.63, 3.8) is 0 Å². The SMILES string of the molecule is CCOc1ccc(/C=C2\C=C(c3ccccc3)N(c3ccc(C)c(C)c3)C2=O)cc1. The molecule has 150 valence electrons. The van der Waals surface area contributed by atoms with Crippen LogP contribution in [0.3, 0.4) is 0 Å². The Hall–Kier alpha value is -3.59. The third-order valence-electron chi connectivity index (χ3n) is 5.31. The van der Waals surface area contributed by atoms with Gasteiger partial charge in [0, 0.05) is 11.3 Å². The van der Waals surface area contributed by atoms with Gasteiger partial charge in [0.05, 0.1) is 12.3 Å². The number of anilines is 1. The molecule has 3 heteroatoms. The van der Waals surface area contributed by atoms with Crippen molar-refractivity contribution in [1.82, 2.24) is 0 Å². The van der Waals surface area contributed by atoms with Crippen LogP contribution in [0.4, 0.5) is 5.69 Å². The fraction of sp³-hybridized carbons (Fsp3) is 0.148. The topological polar surface area (TPSA) is 29.5 Å². The number of aryl methyl sites for hydroxylation is 2. The number of rotatable bonds is 5. The molecule has 0 N–H and O–H groups in total. The molecule has 30 heavy (non-hydrogen) atoms. The largest absolute Gasteiger partial charge is 0.494 e. The Morgan fingerprint density at radius 1 is 0.900 bits per heavy atom. The summed E-state index contributed by atoms with van der Waals surface area (Å²) in [7, 11) is 0. The van der Waals surface area contributed by atoms with Crippen molar-refractivity contribution < 1.29 is 9.53 Å². The van der Waals surface area contributed by atoms with Crippen molar-refractivity contribution in [2.24, 2.45) is 0 Å². The van der Waals surface area contributed by atoms with Gasteiger partial charge in [-0.1, -0.05) is 48.5 Å². The van der Waals surface area contributed by atoms with Crippen LogP contribution in [0.25, 0.3) is 11.8 Å². The monoisotopic (exact) mass is 395 g/mol. The van der Waals surface area contributed by atoms with Crippen molar-refractivity contribution in [2.45, 2.75) is 20.8 Å². The molecule has 0 spiro atoms. The van der Waals surface area contributed by atoms with E-state index in [1.54, 1.807) is 0 Å². The van der Waals surface area contributed by atoms with Gasteiger partial charge in [-0.15, -0.1) is 0 Å². The summed E-state index contributed by atoms with van der Waals surface area (Å²) in [6.45, 7) is 6.75. The summed E-state index contributed by atoms with van der Waals surface area (Å²) in [6, 6.07) is 24.0. The first-order chi connectivity index (χ1) is 14.6. The number of nitrogens with zero attached hydrogens (tertiary/aromatic N) is 1. The molecule has 1 aliphatic rings. The third-order valence-corrected chi connectivity index (χ3v) is 5.31. The zero-order valence-corrected chi connectivity index (χ0v) is 17.6. The second-order valence-electron chi connectivity index (χ2n) is 7.41. The van der Waals surface area contributed by atoms with E-state index in [9.17, 15) is 4.79 Å². The minimum atomic E-state index is -0.0222. The molecule has 0 fully saturated rings. The second-order valence-corrected chi connectivity index (χ2v) is 7.41. The molecule has 3 aromatic rings. The van der Waals surface area contributed by atoms with Gasteiger partial charge < -0.3 is 4.74 Å². The Balaban J connectivity index is 1.76. The van der Waals surface area contributed by atoms with Crippen molar-refractivity contribution in [2.75, 3.05) is 11.5 Å². The summed E-state index contributed by atoms with van der Waals surface area (Å²) in [6.07, 6.45) is 3.91. The number of hydrogen-bond donors (Lipinski definition) is 0. The quantitative estimate of drug-likeness (QED) is 0.483. The summed E-state index contributed by atoms with van der Waals surface area (Å²) in [4.78, 5) is 15.2. The predicted molar refractivity (Wildman–Crippen MR) is 123 cm³/mol. The number of ether oxygens (including phenoxy) is 1. The van der Waals surface area contributed by atoms with Gasteiger partial charge >= 0.3 is 0 Å². The first-order valence-electron chi connectivity index (χ1n) is 10.2. The van der Waals surface area contributed by atoms with E-state index >= 15 is 0 Å². The van der Waals surface area contributed by atoms with Gasteiger partial charge in [-0.3, -0.25) is 9.69 Å². The van der Waals surface area contributed by atoms with Crippen LogP contribution in [-0.2, 0) is 4.79 Å². The van der Waals surface area contributed by atoms with Crippen LogP contribution >= 0.6 is 0 Å². The Kier molecular flexibility index (Phi) is 5.53. The maximum atomic E-state index is 13.4. The molecule has 0 unspecified atom stereocenters. The Labute approximate surface area is 177 Å². The van der Waals surface area contributed by atoms with Gasteiger partial charge in [0.25, 0.3) is 5.91 Å². The van der Waals surface area contributed by atoms with Crippen LogP contribution in [0.5, 0.6) is 5.75 Å². The number of carbonyl (C=O) groups excluding carboxylic acids is 1. The van der Waals surface area contributed by atoms with Crippen molar-refractivity contribution in [3.8, 4) is 5.75 Å². The molecule has 0 saturated carbocycles. The lowest BCUT2D eigenvalue weighted by Gasteiger charge is -2.21. The maximum Gasteiger partial charge on any atom is 0.262 e. The molecule has 0 atom stereocenters. The maximum absolute atomic E-state index is 13.4. The van der Waals surface area contributed by atoms with Crippen LogP contribution in [0.15, 0.2) is 84.4 Å². The molecule has 0 aromatic heterocycles. The lowest BCUT2D eigenvalue weighted by molar-refractivity contribution is -0.113. The van der Waals surface area contributed by atoms with E-state index in [-0.39, 0.29) is 5.91 Å². The van der Waals surface area contributed by atoms with Crippen LogP contribution in [-0.4, -0.2) is 12.5 Å². The fourth-order valence-corrected chi connectivity index (χ4v) is 3.56. The highest BCUT2D eigenvalue weighted by molar-refractivity contribution is 6.23. The van der Waals surface area contributed by atoms with E-state index in [1.807, 2.05) is 84.6 Å². The minimum absolute atomic E-state index is 0.0222. The molecule has 1 amide bonds. The predicted octanol–water partition coefficient (Wildman–Crippen LogP) is 6.17. The van der Waals surface area contributed by atoms with Crippen molar-refractivity contribution >= 4 is 23.4 Å². The normalized spacial score (nSPS) is 14.9. The molecule has 0 radical (unpaired) electrons. The summed E-state index contributed by atoms with van der Waals surface area (Å²) < 4.78 is 5.51. The van der Waals surface area contributed by atoms with Gasteiger partial charge in [-0.2, -0.15) is 0 Å². The fourth-order valence-electron chi connectivity index (χ4n) is 3.56. The van der Waals surface area contributed by atoms with Crippen molar-refractivity contribution in [3.05, 3.63) is 107 Å². The number of hydrogen-bond acceptors (Lipinski definition) is 2.